The predicted octanol–water partition coefficient (Wildman–Crippen LogP) is 2.63. The molecule has 1 aliphatic heterocycles. The predicted molar refractivity (Wildman–Crippen MR) is 129 cm³/mol. The average molecular weight is 452 g/mol. The molecule has 168 valence electrons. The zero-order valence-electron chi connectivity index (χ0n) is 18.1. The standard InChI is InChI=1S/C24H20N8O2/c1-2-21(33)29-17-6-8-25-19(13-17)23-22-16(5-7-26-23)14-28-24(31-22)30-18-3-4-20(27-15-18)32-9-11-34-12-10-32/h1,3-8,13-15H,9-12H2,(H,25,29,33)(H,28,30,31). The summed E-state index contributed by atoms with van der Waals surface area (Å²) >= 11 is 0. The molecule has 0 radical (unpaired) electrons. The summed E-state index contributed by atoms with van der Waals surface area (Å²) in [5.41, 5.74) is 3.00. The molecular weight excluding hydrogens is 432 g/mol. The monoisotopic (exact) mass is 452 g/mol. The smallest absolute Gasteiger partial charge is 0.300 e. The van der Waals surface area contributed by atoms with Crippen LogP contribution in [0.4, 0.5) is 23.1 Å². The van der Waals surface area contributed by atoms with Crippen LogP contribution in [0.15, 0.2) is 55.1 Å². The van der Waals surface area contributed by atoms with Gasteiger partial charge in [-0.1, -0.05) is 0 Å². The molecule has 4 aromatic heterocycles. The Hall–Kier alpha value is -4.62. The lowest BCUT2D eigenvalue weighted by Gasteiger charge is -2.27. The molecule has 0 aromatic carbocycles. The van der Waals surface area contributed by atoms with E-state index in [1.807, 2.05) is 24.1 Å². The molecule has 1 aliphatic rings. The Balaban J connectivity index is 1.41. The first-order valence-electron chi connectivity index (χ1n) is 10.6. The van der Waals surface area contributed by atoms with Crippen LogP contribution in [0.1, 0.15) is 0 Å². The largest absolute Gasteiger partial charge is 0.378 e. The molecule has 0 spiro atoms. The Morgan fingerprint density at radius 3 is 2.65 bits per heavy atom. The highest BCUT2D eigenvalue weighted by molar-refractivity contribution is 6.03. The molecule has 10 heteroatoms. The van der Waals surface area contributed by atoms with E-state index in [0.29, 0.717) is 41.8 Å². The Kier molecular flexibility index (Phi) is 5.92. The number of carbonyl (C=O) groups excluding carboxylic acids is 1. The summed E-state index contributed by atoms with van der Waals surface area (Å²) in [6.45, 7) is 3.06. The number of ether oxygens (including phenoxy) is 1. The Labute approximate surface area is 195 Å². The van der Waals surface area contributed by atoms with E-state index in [4.69, 9.17) is 11.2 Å². The summed E-state index contributed by atoms with van der Waals surface area (Å²) in [4.78, 5) is 36.2. The topological polar surface area (TPSA) is 118 Å². The highest BCUT2D eigenvalue weighted by Gasteiger charge is 2.13. The van der Waals surface area contributed by atoms with Crippen molar-refractivity contribution in [3.05, 3.63) is 55.1 Å². The average Bonchev–Trinajstić information content (AvgIpc) is 2.89. The van der Waals surface area contributed by atoms with Crippen molar-refractivity contribution in [2.45, 2.75) is 0 Å². The second kappa shape index (κ2) is 9.48. The normalized spacial score (nSPS) is 13.3. The van der Waals surface area contributed by atoms with E-state index in [9.17, 15) is 4.79 Å². The second-order valence-electron chi connectivity index (χ2n) is 7.45. The summed E-state index contributed by atoms with van der Waals surface area (Å²) in [7, 11) is 0. The summed E-state index contributed by atoms with van der Waals surface area (Å²) in [6.07, 6.45) is 11.8. The molecule has 5 rings (SSSR count). The maximum atomic E-state index is 11.5. The fourth-order valence-electron chi connectivity index (χ4n) is 3.58. The van der Waals surface area contributed by atoms with Gasteiger partial charge in [-0.25, -0.2) is 15.0 Å². The first kappa shape index (κ1) is 21.2. The van der Waals surface area contributed by atoms with Crippen LogP contribution in [0.5, 0.6) is 0 Å². The quantitative estimate of drug-likeness (QED) is 0.441. The number of fused-ring (bicyclic) bond motifs is 1. The molecule has 0 bridgehead atoms. The number of carbonyl (C=O) groups is 1. The molecular formula is C24H20N8O2. The van der Waals surface area contributed by atoms with E-state index >= 15 is 0 Å². The molecule has 0 saturated carbocycles. The SMILES string of the molecule is C#CC(=O)Nc1ccnc(-c2nccc3cnc(Nc4ccc(N5CCOCC5)nc4)nc23)c1. The molecule has 0 aliphatic carbocycles. The van der Waals surface area contributed by atoms with Gasteiger partial charge in [0, 0.05) is 42.8 Å². The maximum Gasteiger partial charge on any atom is 0.300 e. The van der Waals surface area contributed by atoms with Crippen molar-refractivity contribution in [3.63, 3.8) is 0 Å². The van der Waals surface area contributed by atoms with Gasteiger partial charge in [-0.05, 0) is 36.3 Å². The summed E-state index contributed by atoms with van der Waals surface area (Å²) in [5.74, 6) is 2.80. The van der Waals surface area contributed by atoms with Crippen LogP contribution in [-0.2, 0) is 9.53 Å². The Bertz CT molecular complexity index is 1380. The van der Waals surface area contributed by atoms with E-state index in [2.05, 4.69) is 40.5 Å². The number of anilines is 4. The molecule has 0 unspecified atom stereocenters. The van der Waals surface area contributed by atoms with E-state index < -0.39 is 5.91 Å². The number of morpholine rings is 1. The lowest BCUT2D eigenvalue weighted by molar-refractivity contribution is -0.111. The van der Waals surface area contributed by atoms with Crippen molar-refractivity contribution in [1.82, 2.24) is 24.9 Å². The molecule has 1 fully saturated rings. The molecule has 4 aromatic rings. The summed E-state index contributed by atoms with van der Waals surface area (Å²) in [6, 6.07) is 9.07. The summed E-state index contributed by atoms with van der Waals surface area (Å²) in [5, 5.41) is 6.61. The first-order valence-corrected chi connectivity index (χ1v) is 10.6. The Morgan fingerprint density at radius 2 is 1.85 bits per heavy atom. The molecule has 5 heterocycles. The fourth-order valence-corrected chi connectivity index (χ4v) is 3.58. The minimum absolute atomic E-state index is 0.402. The van der Waals surface area contributed by atoms with Gasteiger partial charge in [0.25, 0.3) is 5.91 Å². The van der Waals surface area contributed by atoms with Gasteiger partial charge in [0.15, 0.2) is 0 Å². The molecule has 10 nitrogen and oxygen atoms in total. The van der Waals surface area contributed by atoms with Crippen molar-refractivity contribution < 1.29 is 9.53 Å². The third kappa shape index (κ3) is 4.60. The fraction of sp³-hybridized carbons (Fsp3) is 0.167. The molecule has 2 N–H and O–H groups in total. The number of rotatable bonds is 5. The number of aromatic nitrogens is 5. The number of hydrogen-bond donors (Lipinski definition) is 2. The molecule has 0 atom stereocenters. The van der Waals surface area contributed by atoms with Crippen molar-refractivity contribution >= 4 is 40.0 Å². The van der Waals surface area contributed by atoms with E-state index in [1.165, 1.54) is 0 Å². The lowest BCUT2D eigenvalue weighted by atomic mass is 10.1. The third-order valence-electron chi connectivity index (χ3n) is 5.23. The number of nitrogens with one attached hydrogen (secondary N) is 2. The first-order chi connectivity index (χ1) is 16.7. The van der Waals surface area contributed by atoms with Crippen LogP contribution in [0.2, 0.25) is 0 Å². The van der Waals surface area contributed by atoms with Gasteiger partial charge < -0.3 is 20.3 Å². The number of nitrogens with zero attached hydrogens (tertiary/aromatic N) is 6. The van der Waals surface area contributed by atoms with Gasteiger partial charge in [-0.2, -0.15) is 0 Å². The highest BCUT2D eigenvalue weighted by atomic mass is 16.5. The maximum absolute atomic E-state index is 11.5. The lowest BCUT2D eigenvalue weighted by Crippen LogP contribution is -2.36. The van der Waals surface area contributed by atoms with Crippen LogP contribution in [0.25, 0.3) is 22.3 Å². The Morgan fingerprint density at radius 1 is 1.00 bits per heavy atom. The van der Waals surface area contributed by atoms with Gasteiger partial charge in [-0.3, -0.25) is 14.8 Å². The number of pyridine rings is 3. The van der Waals surface area contributed by atoms with Gasteiger partial charge >= 0.3 is 0 Å². The number of amides is 1. The molecule has 1 saturated heterocycles. The van der Waals surface area contributed by atoms with Crippen molar-refractivity contribution in [2.75, 3.05) is 41.8 Å². The van der Waals surface area contributed by atoms with Crippen LogP contribution < -0.4 is 15.5 Å². The number of hydrogen-bond acceptors (Lipinski definition) is 9. The zero-order chi connectivity index (χ0) is 23.3. The van der Waals surface area contributed by atoms with Crippen LogP contribution in [0, 0.1) is 12.3 Å². The number of terminal acetylenes is 1. The van der Waals surface area contributed by atoms with Crippen LogP contribution in [0.3, 0.4) is 0 Å². The molecule has 34 heavy (non-hydrogen) atoms. The van der Waals surface area contributed by atoms with Crippen molar-refractivity contribution in [3.8, 4) is 23.7 Å². The zero-order valence-corrected chi connectivity index (χ0v) is 18.1. The van der Waals surface area contributed by atoms with Crippen LogP contribution in [-0.4, -0.2) is 57.1 Å². The van der Waals surface area contributed by atoms with Crippen molar-refractivity contribution in [2.24, 2.45) is 0 Å². The second-order valence-corrected chi connectivity index (χ2v) is 7.45. The third-order valence-corrected chi connectivity index (χ3v) is 5.23. The van der Waals surface area contributed by atoms with Crippen molar-refractivity contribution in [1.29, 1.82) is 0 Å². The van der Waals surface area contributed by atoms with Gasteiger partial charge in [0.05, 0.1) is 30.8 Å². The minimum atomic E-state index is -0.537. The molecule has 1 amide bonds. The van der Waals surface area contributed by atoms with Gasteiger partial charge in [-0.15, -0.1) is 6.42 Å². The van der Waals surface area contributed by atoms with E-state index in [0.717, 1.165) is 30.0 Å². The van der Waals surface area contributed by atoms with Gasteiger partial charge in [0.1, 0.15) is 17.0 Å². The van der Waals surface area contributed by atoms with Gasteiger partial charge in [0.2, 0.25) is 5.95 Å². The van der Waals surface area contributed by atoms with E-state index in [1.54, 1.807) is 36.9 Å². The summed E-state index contributed by atoms with van der Waals surface area (Å²) < 4.78 is 5.40. The minimum Gasteiger partial charge on any atom is -0.378 e. The highest BCUT2D eigenvalue weighted by Crippen LogP contribution is 2.26. The van der Waals surface area contributed by atoms with Crippen LogP contribution >= 0.6 is 0 Å². The van der Waals surface area contributed by atoms with E-state index in [-0.39, 0.29) is 0 Å².